The lowest BCUT2D eigenvalue weighted by Crippen LogP contribution is -2.57. The fourth-order valence-corrected chi connectivity index (χ4v) is 5.04. The molecule has 0 bridgehead atoms. The monoisotopic (exact) mass is 425 g/mol. The van der Waals surface area contributed by atoms with Crippen LogP contribution < -0.4 is 4.72 Å². The largest absolute Gasteiger partial charge is 0.339 e. The molecule has 0 aromatic heterocycles. The van der Waals surface area contributed by atoms with Crippen molar-refractivity contribution in [2.75, 3.05) is 26.2 Å². The lowest BCUT2D eigenvalue weighted by Gasteiger charge is -2.39. The van der Waals surface area contributed by atoms with Crippen molar-refractivity contribution >= 4 is 21.8 Å². The van der Waals surface area contributed by atoms with Crippen molar-refractivity contribution < 1.29 is 22.4 Å². The molecule has 1 aliphatic carbocycles. The minimum atomic E-state index is -4.19. The third-order valence-corrected chi connectivity index (χ3v) is 7.17. The van der Waals surface area contributed by atoms with Gasteiger partial charge in [0, 0.05) is 32.1 Å². The van der Waals surface area contributed by atoms with Gasteiger partial charge in [0.1, 0.15) is 16.8 Å². The van der Waals surface area contributed by atoms with Gasteiger partial charge in [0.25, 0.3) is 0 Å². The van der Waals surface area contributed by atoms with E-state index in [1.807, 2.05) is 0 Å². The molecule has 29 heavy (non-hydrogen) atoms. The molecule has 2 fully saturated rings. The van der Waals surface area contributed by atoms with Gasteiger partial charge in [-0.1, -0.05) is 32.4 Å². The summed E-state index contributed by atoms with van der Waals surface area (Å²) in [5.41, 5.74) is 0. The first-order chi connectivity index (χ1) is 13.7. The smallest absolute Gasteiger partial charge is 0.244 e. The molecular formula is C20H28FN3O4S. The SMILES string of the molecule is CC(C)[C@H](NS(=O)(=O)c1ccccc1F)C(=O)N1CCN(C(=O)C2CCC2)CC1. The Morgan fingerprint density at radius 3 is 2.17 bits per heavy atom. The van der Waals surface area contributed by atoms with E-state index in [1.54, 1.807) is 23.6 Å². The number of halogens is 1. The van der Waals surface area contributed by atoms with Gasteiger partial charge >= 0.3 is 0 Å². The van der Waals surface area contributed by atoms with E-state index in [0.717, 1.165) is 25.3 Å². The Kier molecular flexibility index (Phi) is 6.58. The zero-order chi connectivity index (χ0) is 21.2. The molecule has 7 nitrogen and oxygen atoms in total. The molecule has 1 aromatic carbocycles. The van der Waals surface area contributed by atoms with Crippen LogP contribution in [0.2, 0.25) is 0 Å². The topological polar surface area (TPSA) is 86.8 Å². The van der Waals surface area contributed by atoms with Crippen LogP contribution in [0.15, 0.2) is 29.2 Å². The quantitative estimate of drug-likeness (QED) is 0.750. The van der Waals surface area contributed by atoms with Crippen molar-refractivity contribution in [3.8, 4) is 0 Å². The number of hydrogen-bond acceptors (Lipinski definition) is 4. The van der Waals surface area contributed by atoms with Gasteiger partial charge in [-0.15, -0.1) is 0 Å². The number of sulfonamides is 1. The van der Waals surface area contributed by atoms with Crippen LogP contribution in [0.25, 0.3) is 0 Å². The van der Waals surface area contributed by atoms with Crippen LogP contribution >= 0.6 is 0 Å². The summed E-state index contributed by atoms with van der Waals surface area (Å²) in [5.74, 6) is -1.26. The molecule has 2 amide bonds. The number of rotatable bonds is 6. The summed E-state index contributed by atoms with van der Waals surface area (Å²) < 4.78 is 41.6. The zero-order valence-electron chi connectivity index (χ0n) is 16.8. The number of carbonyl (C=O) groups excluding carboxylic acids is 2. The number of benzene rings is 1. The molecule has 9 heteroatoms. The van der Waals surface area contributed by atoms with E-state index in [4.69, 9.17) is 0 Å². The van der Waals surface area contributed by atoms with Gasteiger partial charge in [0.2, 0.25) is 21.8 Å². The summed E-state index contributed by atoms with van der Waals surface area (Å²) in [6.45, 7) is 5.10. The second kappa shape index (κ2) is 8.79. The highest BCUT2D eigenvalue weighted by atomic mass is 32.2. The summed E-state index contributed by atoms with van der Waals surface area (Å²) in [6.07, 6.45) is 2.96. The van der Waals surface area contributed by atoms with E-state index in [-0.39, 0.29) is 23.7 Å². The van der Waals surface area contributed by atoms with Crippen molar-refractivity contribution in [1.29, 1.82) is 0 Å². The molecule has 0 unspecified atom stereocenters. The van der Waals surface area contributed by atoms with Crippen LogP contribution in [-0.2, 0) is 19.6 Å². The van der Waals surface area contributed by atoms with E-state index in [1.165, 1.54) is 18.2 Å². The molecular weight excluding hydrogens is 397 g/mol. The molecule has 1 N–H and O–H groups in total. The Bertz CT molecular complexity index is 862. The molecule has 1 heterocycles. The Balaban J connectivity index is 1.66. The fourth-order valence-electron chi connectivity index (χ4n) is 3.62. The standard InChI is InChI=1S/C20H28FN3O4S/c1-14(2)18(22-29(27,28)17-9-4-3-8-16(17)21)20(26)24-12-10-23(11-13-24)19(25)15-6-5-7-15/h3-4,8-9,14-15,18,22H,5-7,10-13H2,1-2H3/t18-/m0/s1. The van der Waals surface area contributed by atoms with E-state index < -0.39 is 26.8 Å². The molecule has 1 aromatic rings. The van der Waals surface area contributed by atoms with Crippen molar-refractivity contribution in [2.24, 2.45) is 11.8 Å². The van der Waals surface area contributed by atoms with Gasteiger partial charge in [0.15, 0.2) is 0 Å². The van der Waals surface area contributed by atoms with Gasteiger partial charge in [-0.2, -0.15) is 4.72 Å². The zero-order valence-corrected chi connectivity index (χ0v) is 17.6. The van der Waals surface area contributed by atoms with E-state index in [9.17, 15) is 22.4 Å². The van der Waals surface area contributed by atoms with Crippen LogP contribution in [0.5, 0.6) is 0 Å². The highest BCUT2D eigenvalue weighted by molar-refractivity contribution is 7.89. The summed E-state index contributed by atoms with van der Waals surface area (Å²) in [5, 5.41) is 0. The Morgan fingerprint density at radius 1 is 1.07 bits per heavy atom. The first-order valence-electron chi connectivity index (χ1n) is 10.0. The molecule has 1 saturated carbocycles. The number of amides is 2. The minimum absolute atomic E-state index is 0.119. The minimum Gasteiger partial charge on any atom is -0.339 e. The van der Waals surface area contributed by atoms with Crippen molar-refractivity contribution in [1.82, 2.24) is 14.5 Å². The average molecular weight is 426 g/mol. The van der Waals surface area contributed by atoms with E-state index in [0.29, 0.717) is 26.2 Å². The maximum absolute atomic E-state index is 14.0. The Morgan fingerprint density at radius 2 is 1.66 bits per heavy atom. The first-order valence-corrected chi connectivity index (χ1v) is 11.5. The van der Waals surface area contributed by atoms with Crippen molar-refractivity contribution in [3.63, 3.8) is 0 Å². The van der Waals surface area contributed by atoms with E-state index >= 15 is 0 Å². The molecule has 1 atom stereocenters. The lowest BCUT2D eigenvalue weighted by atomic mass is 9.84. The van der Waals surface area contributed by atoms with Crippen LogP contribution in [0.4, 0.5) is 4.39 Å². The molecule has 3 rings (SSSR count). The summed E-state index contributed by atoms with van der Waals surface area (Å²) in [7, 11) is -4.19. The predicted molar refractivity (Wildman–Crippen MR) is 106 cm³/mol. The predicted octanol–water partition coefficient (Wildman–Crippen LogP) is 1.60. The van der Waals surface area contributed by atoms with Crippen molar-refractivity contribution in [3.05, 3.63) is 30.1 Å². The number of nitrogens with one attached hydrogen (secondary N) is 1. The molecule has 1 saturated heterocycles. The third-order valence-electron chi connectivity index (χ3n) is 5.70. The van der Waals surface area contributed by atoms with Gasteiger partial charge < -0.3 is 9.80 Å². The molecule has 2 aliphatic rings. The summed E-state index contributed by atoms with van der Waals surface area (Å²) in [6, 6.07) is 4.07. The fraction of sp³-hybridized carbons (Fsp3) is 0.600. The van der Waals surface area contributed by atoms with Gasteiger partial charge in [0.05, 0.1) is 0 Å². The van der Waals surface area contributed by atoms with Crippen LogP contribution in [0, 0.1) is 17.7 Å². The Labute approximate surface area is 171 Å². The maximum atomic E-state index is 14.0. The second-order valence-corrected chi connectivity index (χ2v) is 9.73. The van der Waals surface area contributed by atoms with Crippen LogP contribution in [0.3, 0.4) is 0 Å². The summed E-state index contributed by atoms with van der Waals surface area (Å²) in [4.78, 5) is 28.3. The lowest BCUT2D eigenvalue weighted by molar-refractivity contribution is -0.145. The number of carbonyl (C=O) groups is 2. The van der Waals surface area contributed by atoms with E-state index in [2.05, 4.69) is 4.72 Å². The molecule has 0 spiro atoms. The highest BCUT2D eigenvalue weighted by Crippen LogP contribution is 2.28. The van der Waals surface area contributed by atoms with Crippen molar-refractivity contribution in [2.45, 2.75) is 44.0 Å². The second-order valence-electron chi connectivity index (χ2n) is 8.05. The van der Waals surface area contributed by atoms with Crippen LogP contribution in [0.1, 0.15) is 33.1 Å². The molecule has 0 radical (unpaired) electrons. The number of hydrogen-bond donors (Lipinski definition) is 1. The Hall–Kier alpha value is -2.00. The van der Waals surface area contributed by atoms with Gasteiger partial charge in [-0.25, -0.2) is 12.8 Å². The number of nitrogens with zero attached hydrogens (tertiary/aromatic N) is 2. The molecule has 1 aliphatic heterocycles. The molecule has 160 valence electrons. The number of piperazine rings is 1. The van der Waals surface area contributed by atoms with Crippen LogP contribution in [-0.4, -0.2) is 62.3 Å². The highest BCUT2D eigenvalue weighted by Gasteiger charge is 2.36. The summed E-state index contributed by atoms with van der Waals surface area (Å²) >= 11 is 0. The first kappa shape index (κ1) is 21.7. The van der Waals surface area contributed by atoms with Gasteiger partial charge in [-0.3, -0.25) is 9.59 Å². The third kappa shape index (κ3) is 4.78. The normalized spacial score (nSPS) is 19.2. The maximum Gasteiger partial charge on any atom is 0.244 e. The average Bonchev–Trinajstić information content (AvgIpc) is 2.64. The van der Waals surface area contributed by atoms with Gasteiger partial charge in [-0.05, 0) is 30.9 Å².